The number of ether oxygens (including phenoxy) is 1. The van der Waals surface area contributed by atoms with Crippen LogP contribution in [0.15, 0.2) is 66.7 Å². The van der Waals surface area contributed by atoms with E-state index < -0.39 is 11.7 Å². The van der Waals surface area contributed by atoms with E-state index in [4.69, 9.17) is 4.74 Å². The third-order valence-corrected chi connectivity index (χ3v) is 4.56. The maximum absolute atomic E-state index is 12.7. The highest BCUT2D eigenvalue weighted by Crippen LogP contribution is 2.31. The molecule has 2 amide bonds. The van der Waals surface area contributed by atoms with Crippen LogP contribution in [-0.4, -0.2) is 30.7 Å². The van der Waals surface area contributed by atoms with Gasteiger partial charge in [-0.1, -0.05) is 37.3 Å². The van der Waals surface area contributed by atoms with Crippen molar-refractivity contribution >= 4 is 17.6 Å². The number of halogens is 3. The van der Waals surface area contributed by atoms with Crippen LogP contribution in [0.25, 0.3) is 0 Å². The first-order valence-electron chi connectivity index (χ1n) is 10.3. The van der Waals surface area contributed by atoms with Crippen molar-refractivity contribution in [1.29, 1.82) is 0 Å². The molecule has 2 N–H and O–H groups in total. The molecule has 33 heavy (non-hydrogen) atoms. The van der Waals surface area contributed by atoms with Gasteiger partial charge >= 0.3 is 6.18 Å². The van der Waals surface area contributed by atoms with Gasteiger partial charge in [-0.25, -0.2) is 0 Å². The molecule has 1 atom stereocenters. The van der Waals surface area contributed by atoms with Gasteiger partial charge in [0.25, 0.3) is 11.8 Å². The average Bonchev–Trinajstić information content (AvgIpc) is 3.18. The van der Waals surface area contributed by atoms with Crippen molar-refractivity contribution in [2.45, 2.75) is 32.0 Å². The third kappa shape index (κ3) is 9.28. The number of rotatable bonds is 9. The van der Waals surface area contributed by atoms with Crippen LogP contribution in [0.1, 0.15) is 37.0 Å². The van der Waals surface area contributed by atoms with Crippen LogP contribution < -0.4 is 15.4 Å². The summed E-state index contributed by atoms with van der Waals surface area (Å²) in [5.74, 6) is -0.156. The molecule has 6 nitrogen and oxygen atoms in total. The summed E-state index contributed by atoms with van der Waals surface area (Å²) in [5.41, 5.74) is 0.219. The number of amides is 2. The molecule has 176 valence electrons. The van der Waals surface area contributed by atoms with Crippen LogP contribution >= 0.6 is 0 Å². The molecular formula is C24H25F3N2O4. The van der Waals surface area contributed by atoms with Gasteiger partial charge in [-0.05, 0) is 36.4 Å². The minimum absolute atomic E-state index is 0.130. The zero-order valence-corrected chi connectivity index (χ0v) is 18.0. The fraction of sp³-hybridized carbons (Fsp3) is 0.292. The average molecular weight is 462 g/mol. The third-order valence-electron chi connectivity index (χ3n) is 4.56. The fourth-order valence-electron chi connectivity index (χ4n) is 2.79. The van der Waals surface area contributed by atoms with Crippen LogP contribution in [0, 0.1) is 0 Å². The molecule has 0 bridgehead atoms. The lowest BCUT2D eigenvalue weighted by molar-refractivity contribution is -0.137. The number of carbonyl (C=O) groups is 3. The van der Waals surface area contributed by atoms with E-state index in [1.54, 1.807) is 0 Å². The van der Waals surface area contributed by atoms with Crippen LogP contribution in [0.2, 0.25) is 0 Å². The van der Waals surface area contributed by atoms with Gasteiger partial charge in [0.15, 0.2) is 0 Å². The molecule has 2 aromatic rings. The molecular weight excluding hydrogens is 437 g/mol. The number of benzene rings is 2. The quantitative estimate of drug-likeness (QED) is 0.435. The second-order valence-electron chi connectivity index (χ2n) is 7.08. The number of carbonyl (C=O) groups excluding carboxylic acids is 3. The Hall–Kier alpha value is -3.46. The summed E-state index contributed by atoms with van der Waals surface area (Å²) in [6, 6.07) is 14.1. The summed E-state index contributed by atoms with van der Waals surface area (Å²) < 4.78 is 43.9. The molecule has 0 saturated heterocycles. The number of nitrogens with one attached hydrogen (secondary N) is 2. The van der Waals surface area contributed by atoms with Crippen molar-refractivity contribution in [3.8, 4) is 5.75 Å². The molecule has 0 radical (unpaired) electrons. The van der Waals surface area contributed by atoms with Crippen molar-refractivity contribution < 1.29 is 32.3 Å². The first-order valence-corrected chi connectivity index (χ1v) is 10.3. The zero-order chi connectivity index (χ0) is 24.3. The lowest BCUT2D eigenvalue weighted by Gasteiger charge is -2.20. The summed E-state index contributed by atoms with van der Waals surface area (Å²) in [7, 11) is 0. The van der Waals surface area contributed by atoms with Crippen LogP contribution in [-0.2, 0) is 20.6 Å². The molecule has 1 aliphatic heterocycles. The Labute approximate surface area is 189 Å². The van der Waals surface area contributed by atoms with Crippen LogP contribution in [0.5, 0.6) is 5.75 Å². The van der Waals surface area contributed by atoms with E-state index >= 15 is 0 Å². The number of Topliss-reactive ketones (excluding diaryl/α,β-unsaturated/α-hetero) is 1. The van der Waals surface area contributed by atoms with Gasteiger partial charge in [0, 0.05) is 25.0 Å². The Morgan fingerprint density at radius 2 is 1.61 bits per heavy atom. The SMILES string of the molecule is CCC(=O)CNCCC(Oc1ccc(C(F)(F)F)cc1)c1ccccc1.O=C1C=CC(=O)N1. The highest BCUT2D eigenvalue weighted by molar-refractivity contribution is 6.12. The van der Waals surface area contributed by atoms with E-state index in [0.717, 1.165) is 17.7 Å². The van der Waals surface area contributed by atoms with Crippen molar-refractivity contribution in [2.75, 3.05) is 13.1 Å². The second-order valence-corrected chi connectivity index (χ2v) is 7.08. The van der Waals surface area contributed by atoms with E-state index in [1.165, 1.54) is 24.3 Å². The summed E-state index contributed by atoms with van der Waals surface area (Å²) in [6.07, 6.45) is -1.23. The molecule has 0 aromatic heterocycles. The number of alkyl halides is 3. The van der Waals surface area contributed by atoms with Crippen molar-refractivity contribution in [3.63, 3.8) is 0 Å². The van der Waals surface area contributed by atoms with E-state index in [1.807, 2.05) is 42.6 Å². The van der Waals surface area contributed by atoms with Crippen molar-refractivity contribution in [1.82, 2.24) is 10.6 Å². The Kier molecular flexibility index (Phi) is 9.81. The monoisotopic (exact) mass is 462 g/mol. The van der Waals surface area contributed by atoms with Gasteiger partial charge in [-0.3, -0.25) is 19.7 Å². The van der Waals surface area contributed by atoms with Gasteiger partial charge in [-0.2, -0.15) is 13.2 Å². The fourth-order valence-corrected chi connectivity index (χ4v) is 2.79. The first kappa shape index (κ1) is 25.8. The van der Waals surface area contributed by atoms with Gasteiger partial charge in [0.1, 0.15) is 17.6 Å². The van der Waals surface area contributed by atoms with Gasteiger partial charge in [-0.15, -0.1) is 0 Å². The summed E-state index contributed by atoms with van der Waals surface area (Å²) in [4.78, 5) is 31.4. The number of hydrogen-bond donors (Lipinski definition) is 2. The van der Waals surface area contributed by atoms with Crippen molar-refractivity contribution in [2.24, 2.45) is 0 Å². The van der Waals surface area contributed by atoms with Gasteiger partial charge in [0.2, 0.25) is 0 Å². The summed E-state index contributed by atoms with van der Waals surface area (Å²) in [6.45, 7) is 2.68. The van der Waals surface area contributed by atoms with Gasteiger partial charge in [0.05, 0.1) is 12.1 Å². The van der Waals surface area contributed by atoms with E-state index in [0.29, 0.717) is 31.7 Å². The van der Waals surface area contributed by atoms with Crippen LogP contribution in [0.4, 0.5) is 13.2 Å². The molecule has 1 aliphatic rings. The molecule has 3 rings (SSSR count). The standard InChI is InChI=1S/C20H22F3NO2.C4H3NO2/c1-2-17(25)14-24-13-12-19(15-6-4-3-5-7-15)26-18-10-8-16(9-11-18)20(21,22)23;6-3-1-2-4(7)5-3/h3-11,19,24H,2,12-14H2,1H3;1-2H,(H,5,6,7). The minimum Gasteiger partial charge on any atom is -0.486 e. The smallest absolute Gasteiger partial charge is 0.416 e. The highest BCUT2D eigenvalue weighted by Gasteiger charge is 2.30. The largest absolute Gasteiger partial charge is 0.486 e. The molecule has 0 saturated carbocycles. The predicted octanol–water partition coefficient (Wildman–Crippen LogP) is 3.98. The number of ketones is 1. The lowest BCUT2D eigenvalue weighted by atomic mass is 10.1. The first-order chi connectivity index (χ1) is 15.7. The molecule has 1 heterocycles. The van der Waals surface area contributed by atoms with Gasteiger partial charge < -0.3 is 10.1 Å². The Morgan fingerprint density at radius 1 is 1.00 bits per heavy atom. The minimum atomic E-state index is -4.37. The van der Waals surface area contributed by atoms with Crippen LogP contribution in [0.3, 0.4) is 0 Å². The zero-order valence-electron chi connectivity index (χ0n) is 18.0. The highest BCUT2D eigenvalue weighted by atomic mass is 19.4. The molecule has 0 aliphatic carbocycles. The molecule has 1 unspecified atom stereocenters. The molecule has 9 heteroatoms. The van der Waals surface area contributed by atoms with E-state index in [9.17, 15) is 27.6 Å². The van der Waals surface area contributed by atoms with E-state index in [-0.39, 0.29) is 23.7 Å². The normalized spacial score (nSPS) is 13.7. The summed E-state index contributed by atoms with van der Waals surface area (Å²) >= 11 is 0. The lowest BCUT2D eigenvalue weighted by Crippen LogP contribution is -2.25. The number of hydrogen-bond acceptors (Lipinski definition) is 5. The Morgan fingerprint density at radius 3 is 2.09 bits per heavy atom. The van der Waals surface area contributed by atoms with E-state index in [2.05, 4.69) is 5.32 Å². The number of imide groups is 1. The topological polar surface area (TPSA) is 84.5 Å². The Balaban J connectivity index is 0.000000468. The maximum Gasteiger partial charge on any atom is 0.416 e. The van der Waals surface area contributed by atoms with Crippen molar-refractivity contribution in [3.05, 3.63) is 77.9 Å². The predicted molar refractivity (Wildman–Crippen MR) is 116 cm³/mol. The second kappa shape index (κ2) is 12.5. The molecule has 2 aromatic carbocycles. The summed E-state index contributed by atoms with van der Waals surface area (Å²) in [5, 5.41) is 5.10. The Bertz CT molecular complexity index is 942. The molecule has 0 spiro atoms. The molecule has 0 fully saturated rings. The maximum atomic E-state index is 12.7.